The van der Waals surface area contributed by atoms with Gasteiger partial charge in [-0.3, -0.25) is 0 Å². The predicted molar refractivity (Wildman–Crippen MR) is 152 cm³/mol. The Hall–Kier alpha value is -2.32. The van der Waals surface area contributed by atoms with Crippen LogP contribution in [0, 0.1) is 0 Å². The summed E-state index contributed by atoms with van der Waals surface area (Å²) in [7, 11) is 1.69. The van der Waals surface area contributed by atoms with Gasteiger partial charge in [-0.15, -0.1) is 0 Å². The third kappa shape index (κ3) is 9.34. The molecule has 2 N–H and O–H groups in total. The lowest BCUT2D eigenvalue weighted by Gasteiger charge is -2.36. The highest BCUT2D eigenvalue weighted by molar-refractivity contribution is 7.83. The van der Waals surface area contributed by atoms with E-state index in [9.17, 15) is 14.1 Å². The molecule has 1 aromatic carbocycles. The van der Waals surface area contributed by atoms with Gasteiger partial charge in [-0.05, 0) is 43.9 Å². The maximum atomic E-state index is 14.0. The molecular weight excluding hydrogens is 552 g/mol. The summed E-state index contributed by atoms with van der Waals surface area (Å²) in [6, 6.07) is 8.84. The highest BCUT2D eigenvalue weighted by Crippen LogP contribution is 2.32. The molecule has 1 aliphatic carbocycles. The zero-order valence-corrected chi connectivity index (χ0v) is 24.8. The van der Waals surface area contributed by atoms with Gasteiger partial charge in [-0.1, -0.05) is 36.4 Å². The van der Waals surface area contributed by atoms with E-state index in [1.165, 1.54) is 0 Å². The van der Waals surface area contributed by atoms with Gasteiger partial charge in [0, 0.05) is 26.6 Å². The molecule has 2 saturated heterocycles. The molecule has 0 spiro atoms. The number of nitrogens with one attached hydrogen (secondary N) is 1. The van der Waals surface area contributed by atoms with E-state index in [2.05, 4.69) is 5.32 Å². The minimum absolute atomic E-state index is 0.0296. The van der Waals surface area contributed by atoms with Gasteiger partial charge in [0.1, 0.15) is 23.5 Å². The first-order chi connectivity index (χ1) is 19.8. The number of amides is 1. The number of allylic oxidation sites excluding steroid dienone is 2. The van der Waals surface area contributed by atoms with Gasteiger partial charge in [-0.2, -0.15) is 0 Å². The van der Waals surface area contributed by atoms with E-state index in [0.29, 0.717) is 25.8 Å². The lowest BCUT2D eigenvalue weighted by Crippen LogP contribution is -2.53. The Kier molecular flexibility index (Phi) is 11.7. The molecular formula is C29H42N2O9S. The van der Waals surface area contributed by atoms with E-state index in [0.717, 1.165) is 17.7 Å². The SMILES string of the molecule is COC1=CCC(S(=O)N(C[C@@H](O)[C@H](Cc2ccccc2)NC(=O)OC2COCOC2)CC2(C)CCC(OC)O2)C=C1. The fourth-order valence-corrected chi connectivity index (χ4v) is 6.70. The summed E-state index contributed by atoms with van der Waals surface area (Å²) in [6.07, 6.45) is 5.25. The highest BCUT2D eigenvalue weighted by Gasteiger charge is 2.41. The van der Waals surface area contributed by atoms with Gasteiger partial charge in [0.05, 0.1) is 43.3 Å². The fourth-order valence-electron chi connectivity index (χ4n) is 5.15. The molecule has 6 atom stereocenters. The van der Waals surface area contributed by atoms with Crippen LogP contribution in [-0.2, 0) is 45.8 Å². The number of aliphatic hydroxyl groups is 1. The zero-order chi connectivity index (χ0) is 29.2. The highest BCUT2D eigenvalue weighted by atomic mass is 32.2. The number of ether oxygens (including phenoxy) is 6. The van der Waals surface area contributed by atoms with E-state index >= 15 is 0 Å². The largest absolute Gasteiger partial charge is 0.497 e. The maximum absolute atomic E-state index is 14.0. The Morgan fingerprint density at radius 2 is 2.00 bits per heavy atom. The number of hydrogen-bond donors (Lipinski definition) is 2. The Morgan fingerprint density at radius 3 is 2.63 bits per heavy atom. The van der Waals surface area contributed by atoms with Gasteiger partial charge in [0.25, 0.3) is 0 Å². The van der Waals surface area contributed by atoms with E-state index in [-0.39, 0.29) is 38.1 Å². The van der Waals surface area contributed by atoms with Crippen LogP contribution in [0.1, 0.15) is 31.7 Å². The second-order valence-corrected chi connectivity index (χ2v) is 12.4. The van der Waals surface area contributed by atoms with Crippen molar-refractivity contribution < 1.29 is 42.5 Å². The zero-order valence-electron chi connectivity index (χ0n) is 23.9. The molecule has 4 unspecified atom stereocenters. The van der Waals surface area contributed by atoms with Crippen LogP contribution in [0.4, 0.5) is 4.79 Å². The fraction of sp³-hybridized carbons (Fsp3) is 0.621. The topological polar surface area (TPSA) is 125 Å². The standard InChI is InChI=1S/C29H42N2O9S/c1-29(14-13-27(36-3)40-29)19-31(41(34)24-11-9-22(35-2)10-12-24)16-26(32)25(15-21-7-5-4-6-8-21)30-28(33)39-23-17-37-20-38-18-23/h4-11,23-27,32H,12-20H2,1-3H3,(H,30,33)/t24?,25-,26+,27?,29?,41?/m0/s1. The van der Waals surface area contributed by atoms with Gasteiger partial charge < -0.3 is 38.8 Å². The van der Waals surface area contributed by atoms with Crippen LogP contribution in [0.5, 0.6) is 0 Å². The molecule has 11 nitrogen and oxygen atoms in total. The number of carbonyl (C=O) groups excluding carboxylic acids is 1. The summed E-state index contributed by atoms with van der Waals surface area (Å²) in [4.78, 5) is 12.9. The number of nitrogens with zero attached hydrogens (tertiary/aromatic N) is 1. The van der Waals surface area contributed by atoms with Gasteiger partial charge in [0.2, 0.25) is 0 Å². The molecule has 228 valence electrons. The molecule has 1 amide bonds. The van der Waals surface area contributed by atoms with Gasteiger partial charge in [-0.25, -0.2) is 13.3 Å². The van der Waals surface area contributed by atoms with Crippen molar-refractivity contribution in [2.24, 2.45) is 0 Å². The number of rotatable bonds is 13. The molecule has 2 fully saturated rings. The molecule has 2 aliphatic heterocycles. The summed E-state index contributed by atoms with van der Waals surface area (Å²) in [6.45, 7) is 2.94. The molecule has 0 saturated carbocycles. The van der Waals surface area contributed by atoms with Crippen LogP contribution in [0.15, 0.2) is 54.3 Å². The first kappa shape index (κ1) is 31.6. The average Bonchev–Trinajstić information content (AvgIpc) is 3.37. The summed E-state index contributed by atoms with van der Waals surface area (Å²) < 4.78 is 48.4. The first-order valence-corrected chi connectivity index (χ1v) is 15.1. The number of hydrogen-bond acceptors (Lipinski definition) is 9. The molecule has 0 bridgehead atoms. The van der Waals surface area contributed by atoms with E-state index in [4.69, 9.17) is 28.4 Å². The van der Waals surface area contributed by atoms with Crippen LogP contribution in [0.2, 0.25) is 0 Å². The molecule has 2 heterocycles. The average molecular weight is 595 g/mol. The molecule has 41 heavy (non-hydrogen) atoms. The van der Waals surface area contributed by atoms with Crippen LogP contribution < -0.4 is 5.32 Å². The number of methoxy groups -OCH3 is 2. The summed E-state index contributed by atoms with van der Waals surface area (Å²) >= 11 is 0. The van der Waals surface area contributed by atoms with Crippen LogP contribution in [0.3, 0.4) is 0 Å². The predicted octanol–water partition coefficient (Wildman–Crippen LogP) is 2.42. The Labute approximate surface area is 244 Å². The van der Waals surface area contributed by atoms with E-state index in [1.54, 1.807) is 18.5 Å². The Bertz CT molecular complexity index is 1070. The van der Waals surface area contributed by atoms with E-state index < -0.39 is 40.9 Å². The third-order valence-electron chi connectivity index (χ3n) is 7.38. The van der Waals surface area contributed by atoms with Crippen molar-refractivity contribution >= 4 is 17.1 Å². The monoisotopic (exact) mass is 594 g/mol. The minimum atomic E-state index is -1.51. The quantitative estimate of drug-likeness (QED) is 0.354. The van der Waals surface area contributed by atoms with Crippen molar-refractivity contribution in [2.45, 2.75) is 68.0 Å². The number of benzene rings is 1. The van der Waals surface area contributed by atoms with Crippen molar-refractivity contribution in [3.63, 3.8) is 0 Å². The van der Waals surface area contributed by atoms with Crippen molar-refractivity contribution in [1.82, 2.24) is 9.62 Å². The summed E-state index contributed by atoms with van der Waals surface area (Å²) in [5.74, 6) is 0.721. The van der Waals surface area contributed by atoms with Gasteiger partial charge >= 0.3 is 6.09 Å². The molecule has 4 rings (SSSR count). The maximum Gasteiger partial charge on any atom is 0.407 e. The number of carbonyl (C=O) groups is 1. The smallest absolute Gasteiger partial charge is 0.407 e. The summed E-state index contributed by atoms with van der Waals surface area (Å²) in [5.41, 5.74) is 0.305. The molecule has 1 aromatic rings. The third-order valence-corrected chi connectivity index (χ3v) is 9.03. The molecule has 0 radical (unpaired) electrons. The number of aliphatic hydroxyl groups excluding tert-OH is 1. The number of alkyl carbamates (subject to hydrolysis) is 1. The molecule has 3 aliphatic rings. The van der Waals surface area contributed by atoms with Crippen LogP contribution in [0.25, 0.3) is 0 Å². The second-order valence-electron chi connectivity index (χ2n) is 10.7. The van der Waals surface area contributed by atoms with Crippen molar-refractivity contribution in [2.75, 3.05) is 47.3 Å². The molecule has 0 aromatic heterocycles. The lowest BCUT2D eigenvalue weighted by atomic mass is 10.00. The Morgan fingerprint density at radius 1 is 1.24 bits per heavy atom. The minimum Gasteiger partial charge on any atom is -0.497 e. The van der Waals surface area contributed by atoms with Crippen molar-refractivity contribution in [1.29, 1.82) is 0 Å². The van der Waals surface area contributed by atoms with Crippen LogP contribution >= 0.6 is 0 Å². The van der Waals surface area contributed by atoms with Crippen LogP contribution in [-0.4, -0.2) is 102 Å². The van der Waals surface area contributed by atoms with Gasteiger partial charge in [0.15, 0.2) is 12.4 Å². The normalized spacial score (nSPS) is 27.2. The summed E-state index contributed by atoms with van der Waals surface area (Å²) in [5, 5.41) is 14.1. The molecule has 12 heteroatoms. The van der Waals surface area contributed by atoms with E-state index in [1.807, 2.05) is 55.5 Å². The second kappa shape index (κ2) is 15.2. The Balaban J connectivity index is 1.50. The van der Waals surface area contributed by atoms with Crippen molar-refractivity contribution in [3.8, 4) is 0 Å². The first-order valence-electron chi connectivity index (χ1n) is 13.9. The van der Waals surface area contributed by atoms with Crippen molar-refractivity contribution in [3.05, 3.63) is 59.9 Å². The lowest BCUT2D eigenvalue weighted by molar-refractivity contribution is -0.152.